The van der Waals surface area contributed by atoms with Crippen molar-refractivity contribution in [3.05, 3.63) is 31.7 Å². The molecule has 0 aromatic carbocycles. The van der Waals surface area contributed by atoms with Gasteiger partial charge in [0.25, 0.3) is 11.8 Å². The highest BCUT2D eigenvalue weighted by Gasteiger charge is 2.54. The maximum atomic E-state index is 12.7. The first-order valence-corrected chi connectivity index (χ1v) is 10.3. The fourth-order valence-electron chi connectivity index (χ4n) is 2.88. The number of nitrogens with one attached hydrogen (secondary N) is 1. The zero-order valence-corrected chi connectivity index (χ0v) is 17.5. The van der Waals surface area contributed by atoms with Gasteiger partial charge in [-0.05, 0) is 11.1 Å². The van der Waals surface area contributed by atoms with Gasteiger partial charge in [-0.3, -0.25) is 14.5 Å². The largest absolute Gasteiger partial charge is 0.477 e. The molecule has 4 N–H and O–H groups in total. The van der Waals surface area contributed by atoms with E-state index in [-0.39, 0.29) is 38.9 Å². The minimum atomic E-state index is -1.33. The van der Waals surface area contributed by atoms with E-state index in [0.717, 1.165) is 16.2 Å². The number of anilines is 1. The van der Waals surface area contributed by atoms with E-state index in [9.17, 15) is 19.5 Å². The number of carboxylic acid groups (broad SMARTS) is 1. The Kier molecular flexibility index (Phi) is 6.36. The van der Waals surface area contributed by atoms with Crippen LogP contribution in [0.1, 0.15) is 5.69 Å². The first-order chi connectivity index (χ1) is 14.3. The average Bonchev–Trinajstić information content (AvgIpc) is 3.04. The third kappa shape index (κ3) is 3.87. The van der Waals surface area contributed by atoms with Crippen LogP contribution in [0.25, 0.3) is 10.4 Å². The molecule has 0 spiro atoms. The highest BCUT2D eigenvalue weighted by atomic mass is 35.5. The zero-order chi connectivity index (χ0) is 22.0. The van der Waals surface area contributed by atoms with Crippen LogP contribution in [0.4, 0.5) is 5.13 Å². The van der Waals surface area contributed by atoms with E-state index < -0.39 is 29.2 Å². The summed E-state index contributed by atoms with van der Waals surface area (Å²) in [6.45, 7) is -0.174. The average molecular weight is 473 g/mol. The summed E-state index contributed by atoms with van der Waals surface area (Å²) < 4.78 is 0.117. The van der Waals surface area contributed by atoms with Gasteiger partial charge in [0.1, 0.15) is 34.3 Å². The van der Waals surface area contributed by atoms with Crippen LogP contribution in [0.15, 0.2) is 21.5 Å². The topological polar surface area (TPSA) is 196 Å². The number of carbonyl (C=O) groups excluding carboxylic acids is 2. The van der Waals surface area contributed by atoms with Gasteiger partial charge in [0.05, 0.1) is 6.54 Å². The first kappa shape index (κ1) is 21.7. The molecule has 0 aliphatic carbocycles. The number of oxime groups is 1. The number of carbonyl (C=O) groups is 3. The number of amides is 2. The van der Waals surface area contributed by atoms with Crippen molar-refractivity contribution >= 4 is 63.3 Å². The molecule has 30 heavy (non-hydrogen) atoms. The van der Waals surface area contributed by atoms with Gasteiger partial charge in [0.2, 0.25) is 0 Å². The number of thiazole rings is 1. The van der Waals surface area contributed by atoms with E-state index in [1.807, 2.05) is 0 Å². The SMILES string of the molecule is CON=C(C(=O)NC1C(=O)N2C(C(=O)O)=C(CN=[N+]=[N-])CS[C@@H]12)c1nc(N)sc1Cl. The van der Waals surface area contributed by atoms with Crippen molar-refractivity contribution < 1.29 is 24.3 Å². The minimum absolute atomic E-state index is 0.00112. The number of halogens is 1. The molecule has 13 nitrogen and oxygen atoms in total. The summed E-state index contributed by atoms with van der Waals surface area (Å²) in [6.07, 6.45) is 0. The Labute approximate surface area is 181 Å². The predicted octanol–water partition coefficient (Wildman–Crippen LogP) is 0.778. The van der Waals surface area contributed by atoms with Crippen LogP contribution in [-0.4, -0.2) is 69.3 Å². The van der Waals surface area contributed by atoms with Crippen molar-refractivity contribution in [1.29, 1.82) is 0 Å². The summed E-state index contributed by atoms with van der Waals surface area (Å²) in [5.74, 6) is -2.53. The van der Waals surface area contributed by atoms with Crippen LogP contribution in [-0.2, 0) is 19.2 Å². The van der Waals surface area contributed by atoms with E-state index >= 15 is 0 Å². The summed E-state index contributed by atoms with van der Waals surface area (Å²) in [6, 6.07) is -1.00. The van der Waals surface area contributed by atoms with Crippen molar-refractivity contribution in [3.8, 4) is 0 Å². The van der Waals surface area contributed by atoms with Crippen LogP contribution in [0.5, 0.6) is 0 Å². The Balaban J connectivity index is 1.82. The maximum absolute atomic E-state index is 12.7. The fourth-order valence-corrected chi connectivity index (χ4v) is 5.14. The molecule has 2 atom stereocenters. The Bertz CT molecular complexity index is 1030. The van der Waals surface area contributed by atoms with Gasteiger partial charge < -0.3 is 21.0 Å². The summed E-state index contributed by atoms with van der Waals surface area (Å²) in [5.41, 5.74) is 13.8. The number of thioether (sulfide) groups is 1. The standard InChI is InChI=1S/C14H13ClN8O5S2/c1-28-21-6(5-9(15)30-14(16)20-5)10(24)19-7-11(25)23-8(13(26)27)4(2-18-22-17)3-29-12(7)23/h7,12H,2-3H2,1H3,(H2,16,20)(H,19,24)(H,26,27)/t7?,12-/m0/s1. The molecule has 0 radical (unpaired) electrons. The van der Waals surface area contributed by atoms with E-state index in [1.165, 1.54) is 18.9 Å². The number of aliphatic carboxylic acids is 1. The molecule has 1 aromatic rings. The molecule has 1 unspecified atom stereocenters. The minimum Gasteiger partial charge on any atom is -0.477 e. The summed E-state index contributed by atoms with van der Waals surface area (Å²) >= 11 is 8.20. The van der Waals surface area contributed by atoms with Crippen LogP contribution in [0, 0.1) is 0 Å². The number of nitrogens with two attached hydrogens (primary N) is 1. The Morgan fingerprint density at radius 3 is 2.87 bits per heavy atom. The van der Waals surface area contributed by atoms with E-state index in [4.69, 9.17) is 22.9 Å². The number of nitrogen functional groups attached to an aromatic ring is 1. The van der Waals surface area contributed by atoms with Crippen molar-refractivity contribution in [2.24, 2.45) is 10.3 Å². The molecule has 2 aliphatic heterocycles. The molecule has 3 rings (SSSR count). The molecule has 1 saturated heterocycles. The molecule has 1 fully saturated rings. The lowest BCUT2D eigenvalue weighted by atomic mass is 10.0. The van der Waals surface area contributed by atoms with Crippen LogP contribution >= 0.6 is 34.7 Å². The van der Waals surface area contributed by atoms with Gasteiger partial charge in [-0.1, -0.05) is 33.2 Å². The number of nitrogens with zero attached hydrogens (tertiary/aromatic N) is 6. The lowest BCUT2D eigenvalue weighted by molar-refractivity contribution is -0.150. The number of β-lactam (4-membered cyclic amide) rings is 1. The van der Waals surface area contributed by atoms with Crippen molar-refractivity contribution in [2.75, 3.05) is 25.1 Å². The summed E-state index contributed by atoms with van der Waals surface area (Å²) in [4.78, 5) is 49.3. The van der Waals surface area contributed by atoms with Crippen LogP contribution < -0.4 is 11.1 Å². The predicted molar refractivity (Wildman–Crippen MR) is 109 cm³/mol. The number of carboxylic acids is 1. The number of azide groups is 1. The van der Waals surface area contributed by atoms with E-state index in [1.54, 1.807) is 0 Å². The summed E-state index contributed by atoms with van der Waals surface area (Å²) in [7, 11) is 1.22. The molecule has 1 aromatic heterocycles. The third-order valence-corrected chi connectivity index (χ3v) is 6.51. The van der Waals surface area contributed by atoms with Crippen molar-refractivity contribution in [1.82, 2.24) is 15.2 Å². The number of fused-ring (bicyclic) bond motifs is 1. The summed E-state index contributed by atoms with van der Waals surface area (Å²) in [5, 5.41) is 18.5. The van der Waals surface area contributed by atoms with Gasteiger partial charge >= 0.3 is 5.97 Å². The Hall–Kier alpha value is -3.00. The van der Waals surface area contributed by atoms with Crippen LogP contribution in [0.3, 0.4) is 0 Å². The fraction of sp³-hybridized carbons (Fsp3) is 0.357. The molecule has 3 heterocycles. The molecule has 158 valence electrons. The lowest BCUT2D eigenvalue weighted by Gasteiger charge is -2.49. The van der Waals surface area contributed by atoms with E-state index in [0.29, 0.717) is 5.57 Å². The molecular formula is C14H13ClN8O5S2. The second-order valence-corrected chi connectivity index (χ2v) is 8.54. The quantitative estimate of drug-likeness (QED) is 0.129. The normalized spacial score (nSPS) is 20.8. The lowest BCUT2D eigenvalue weighted by Crippen LogP contribution is -2.71. The number of hydrogen-bond donors (Lipinski definition) is 3. The van der Waals surface area contributed by atoms with Crippen molar-refractivity contribution in [2.45, 2.75) is 11.4 Å². The van der Waals surface area contributed by atoms with Gasteiger partial charge in [-0.25, -0.2) is 9.78 Å². The maximum Gasteiger partial charge on any atom is 0.352 e. The van der Waals surface area contributed by atoms with Gasteiger partial charge in [-0.2, -0.15) is 0 Å². The van der Waals surface area contributed by atoms with Crippen molar-refractivity contribution in [3.63, 3.8) is 0 Å². The zero-order valence-electron chi connectivity index (χ0n) is 15.1. The highest BCUT2D eigenvalue weighted by Crippen LogP contribution is 2.40. The van der Waals surface area contributed by atoms with E-state index in [2.05, 4.69) is 30.3 Å². The Morgan fingerprint density at radius 2 is 2.30 bits per heavy atom. The Morgan fingerprint density at radius 1 is 1.57 bits per heavy atom. The second kappa shape index (κ2) is 8.79. The second-order valence-electron chi connectivity index (χ2n) is 5.80. The monoisotopic (exact) mass is 472 g/mol. The number of rotatable bonds is 7. The molecular weight excluding hydrogens is 460 g/mol. The molecule has 0 saturated carbocycles. The molecule has 16 heteroatoms. The van der Waals surface area contributed by atoms with Gasteiger partial charge in [0, 0.05) is 10.7 Å². The smallest absolute Gasteiger partial charge is 0.352 e. The van der Waals surface area contributed by atoms with Crippen LogP contribution in [0.2, 0.25) is 4.34 Å². The molecule has 2 amide bonds. The first-order valence-electron chi connectivity index (χ1n) is 8.05. The number of hydrogen-bond acceptors (Lipinski definition) is 10. The van der Waals surface area contributed by atoms with Gasteiger partial charge in [0.15, 0.2) is 10.8 Å². The number of aromatic nitrogens is 1. The van der Waals surface area contributed by atoms with Gasteiger partial charge in [-0.15, -0.1) is 11.8 Å². The highest BCUT2D eigenvalue weighted by molar-refractivity contribution is 8.00. The molecule has 2 aliphatic rings. The third-order valence-electron chi connectivity index (χ3n) is 4.09. The molecule has 0 bridgehead atoms.